The van der Waals surface area contributed by atoms with Gasteiger partial charge in [-0.25, -0.2) is 27.1 Å². The van der Waals surface area contributed by atoms with Crippen LogP contribution in [0.1, 0.15) is 0 Å². The Morgan fingerprint density at radius 2 is 1.23 bits per heavy atom. The van der Waals surface area contributed by atoms with Gasteiger partial charge in [0.05, 0.1) is 21.2 Å². The molecule has 0 aliphatic rings. The summed E-state index contributed by atoms with van der Waals surface area (Å²) in [5, 5.41) is 36.6. The minimum absolute atomic E-state index is 0. The molecule has 0 aliphatic heterocycles. The average Bonchev–Trinajstić information content (AvgIpc) is 2.95. The molecule has 0 spiro atoms. The molecule has 0 radical (unpaired) electrons. The first kappa shape index (κ1) is 36.0. The second kappa shape index (κ2) is 13.7. The van der Waals surface area contributed by atoms with Crippen molar-refractivity contribution in [2.24, 2.45) is 20.5 Å². The molecule has 0 unspecified atom stereocenters. The third-order valence-electron chi connectivity index (χ3n) is 6.04. The molecule has 17 nitrogen and oxygen atoms in total. The maximum Gasteiger partial charge on any atom is 1.00 e. The molecule has 0 saturated carbocycles. The van der Waals surface area contributed by atoms with Crippen molar-refractivity contribution in [3.63, 3.8) is 0 Å². The van der Waals surface area contributed by atoms with Gasteiger partial charge in [0.25, 0.3) is 10.1 Å². The Hall–Kier alpha value is -3.83. The van der Waals surface area contributed by atoms with Crippen LogP contribution < -0.4 is 55.6 Å². The SMILES string of the molecule is NS(=O)(=O)c1ccc(N=Nc2c(S(=O)(=O)O)cc3cc(Nc4nc(Cl)nc(Nc5ccc(S(N)(=O)=O)cc5)n4)ccc3c2[O-])cc1.[Na+]. The average molecular weight is 728 g/mol. The number of nitrogens with one attached hydrogen (secondary N) is 2. The second-order valence-corrected chi connectivity index (χ2v) is 14.1. The predicted molar refractivity (Wildman–Crippen MR) is 164 cm³/mol. The summed E-state index contributed by atoms with van der Waals surface area (Å²) in [5.74, 6) is -0.944. The number of halogens is 1. The summed E-state index contributed by atoms with van der Waals surface area (Å²) in [6.07, 6.45) is 0. The molecule has 0 amide bonds. The van der Waals surface area contributed by atoms with Gasteiger partial charge in [0, 0.05) is 11.4 Å². The van der Waals surface area contributed by atoms with Crippen LogP contribution in [0.5, 0.6) is 5.75 Å². The van der Waals surface area contributed by atoms with E-state index in [-0.39, 0.29) is 78.7 Å². The van der Waals surface area contributed by atoms with Crippen molar-refractivity contribution in [2.45, 2.75) is 14.7 Å². The molecule has 47 heavy (non-hydrogen) atoms. The number of primary sulfonamides is 2. The Morgan fingerprint density at radius 1 is 0.723 bits per heavy atom. The minimum atomic E-state index is -4.97. The van der Waals surface area contributed by atoms with Gasteiger partial charge in [0.2, 0.25) is 37.2 Å². The normalized spacial score (nSPS) is 12.2. The van der Waals surface area contributed by atoms with Crippen LogP contribution in [0.15, 0.2) is 97.7 Å². The zero-order chi connectivity index (χ0) is 33.4. The van der Waals surface area contributed by atoms with E-state index < -0.39 is 46.5 Å². The molecule has 7 N–H and O–H groups in total. The summed E-state index contributed by atoms with van der Waals surface area (Å²) < 4.78 is 80.2. The fourth-order valence-corrected chi connectivity index (χ4v) is 5.81. The molecule has 4 aromatic carbocycles. The van der Waals surface area contributed by atoms with Crippen LogP contribution in [0.3, 0.4) is 0 Å². The molecule has 5 rings (SSSR count). The summed E-state index contributed by atoms with van der Waals surface area (Å²) in [6.45, 7) is 0. The van der Waals surface area contributed by atoms with Crippen LogP contribution in [0, 0.1) is 0 Å². The first-order chi connectivity index (χ1) is 21.5. The molecule has 1 heterocycles. The fraction of sp³-hybridized carbons (Fsp3) is 0. The maximum atomic E-state index is 13.3. The van der Waals surface area contributed by atoms with Crippen LogP contribution in [0.2, 0.25) is 5.28 Å². The van der Waals surface area contributed by atoms with Crippen molar-refractivity contribution >= 4 is 87.2 Å². The third-order valence-corrected chi connectivity index (χ3v) is 8.94. The van der Waals surface area contributed by atoms with Gasteiger partial charge in [-0.05, 0) is 89.1 Å². The Kier molecular flexibility index (Phi) is 10.5. The molecule has 238 valence electrons. The smallest absolute Gasteiger partial charge is 0.871 e. The van der Waals surface area contributed by atoms with Crippen LogP contribution >= 0.6 is 11.6 Å². The molecular formula is C25H19ClN9NaO8S3. The summed E-state index contributed by atoms with van der Waals surface area (Å²) >= 11 is 6.05. The van der Waals surface area contributed by atoms with E-state index in [1.165, 1.54) is 54.6 Å². The fourth-order valence-electron chi connectivity index (χ4n) is 3.97. The summed E-state index contributed by atoms with van der Waals surface area (Å²) in [7, 11) is -12.8. The van der Waals surface area contributed by atoms with Gasteiger partial charge in [-0.3, -0.25) is 4.55 Å². The first-order valence-electron chi connectivity index (χ1n) is 12.4. The maximum absolute atomic E-state index is 13.3. The van der Waals surface area contributed by atoms with Gasteiger partial charge in [0.15, 0.2) is 0 Å². The van der Waals surface area contributed by atoms with Crippen LogP contribution in [0.4, 0.5) is 34.6 Å². The summed E-state index contributed by atoms with van der Waals surface area (Å²) in [6, 6.07) is 15.4. The monoisotopic (exact) mass is 727 g/mol. The van der Waals surface area contributed by atoms with Crippen LogP contribution in [-0.4, -0.2) is 44.8 Å². The van der Waals surface area contributed by atoms with E-state index in [0.29, 0.717) is 5.69 Å². The minimum Gasteiger partial charge on any atom is -0.871 e. The molecule has 0 bridgehead atoms. The van der Waals surface area contributed by atoms with Crippen molar-refractivity contribution in [1.82, 2.24) is 15.0 Å². The summed E-state index contributed by atoms with van der Waals surface area (Å²) in [5.41, 5.74) is 0.0742. The topological polar surface area (TPSA) is 285 Å². The zero-order valence-corrected chi connectivity index (χ0v) is 28.9. The number of hydrogen-bond acceptors (Lipinski definition) is 14. The molecule has 1 aromatic heterocycles. The predicted octanol–water partition coefficient (Wildman–Crippen LogP) is 0.200. The van der Waals surface area contributed by atoms with Gasteiger partial charge < -0.3 is 15.7 Å². The Bertz CT molecular complexity index is 2360. The molecule has 0 fully saturated rings. The molecule has 5 aromatic rings. The molecule has 0 aliphatic carbocycles. The summed E-state index contributed by atoms with van der Waals surface area (Å²) in [4.78, 5) is 11.0. The largest absolute Gasteiger partial charge is 1.00 e. The second-order valence-electron chi connectivity index (χ2n) is 9.27. The number of fused-ring (bicyclic) bond motifs is 1. The Labute approximate surface area is 294 Å². The van der Waals surface area contributed by atoms with E-state index in [0.717, 1.165) is 18.2 Å². The zero-order valence-electron chi connectivity index (χ0n) is 23.7. The van der Waals surface area contributed by atoms with E-state index in [9.17, 15) is 34.9 Å². The third kappa shape index (κ3) is 8.75. The van der Waals surface area contributed by atoms with Crippen molar-refractivity contribution in [3.8, 4) is 5.75 Å². The number of benzene rings is 4. The van der Waals surface area contributed by atoms with Gasteiger partial charge >= 0.3 is 29.6 Å². The van der Waals surface area contributed by atoms with Gasteiger partial charge in [-0.15, -0.1) is 5.11 Å². The number of azo groups is 1. The van der Waals surface area contributed by atoms with Crippen LogP contribution in [0.25, 0.3) is 10.8 Å². The Morgan fingerprint density at radius 3 is 1.77 bits per heavy atom. The number of hydrogen-bond donors (Lipinski definition) is 5. The van der Waals surface area contributed by atoms with E-state index in [2.05, 4.69) is 35.8 Å². The first-order valence-corrected chi connectivity index (χ1v) is 17.3. The molecule has 0 saturated heterocycles. The van der Waals surface area contributed by atoms with Crippen molar-refractivity contribution in [3.05, 3.63) is 78.1 Å². The van der Waals surface area contributed by atoms with Crippen molar-refractivity contribution < 1.29 is 64.5 Å². The van der Waals surface area contributed by atoms with Gasteiger partial charge in [-0.2, -0.15) is 28.5 Å². The quantitative estimate of drug-likeness (QED) is 0.0771. The number of anilines is 4. The van der Waals surface area contributed by atoms with Gasteiger partial charge in [-0.1, -0.05) is 11.8 Å². The number of sulfonamides is 2. The number of nitrogens with two attached hydrogens (primary N) is 2. The number of rotatable bonds is 9. The Balaban J connectivity index is 0.00000500. The van der Waals surface area contributed by atoms with E-state index >= 15 is 0 Å². The van der Waals surface area contributed by atoms with E-state index in [1.54, 1.807) is 0 Å². The van der Waals surface area contributed by atoms with Crippen LogP contribution in [-0.2, 0) is 30.2 Å². The van der Waals surface area contributed by atoms with Crippen molar-refractivity contribution in [2.75, 3.05) is 10.6 Å². The standard InChI is InChI=1S/C25H20ClN9O8S3.Na/c26-23-31-24(29-14-1-6-17(7-2-14)44(27,37)38)33-25(32-23)30-16-5-10-19-13(11-16)12-20(46(41,42)43)21(22(19)36)35-34-15-3-8-18(9-4-15)45(28,39)40;/h1-12,36H,(H2,27,37,38)(H2,28,39,40)(H,41,42,43)(H2,29,30,31,32,33);/q;+1/p-1. The molecular weight excluding hydrogens is 709 g/mol. The van der Waals surface area contributed by atoms with Crippen molar-refractivity contribution in [1.29, 1.82) is 0 Å². The number of nitrogens with zero attached hydrogens (tertiary/aromatic N) is 5. The molecule has 0 atom stereocenters. The van der Waals surface area contributed by atoms with E-state index in [1.807, 2.05) is 0 Å². The molecule has 22 heteroatoms. The van der Waals surface area contributed by atoms with E-state index in [4.69, 9.17) is 21.9 Å². The van der Waals surface area contributed by atoms with Gasteiger partial charge in [0.1, 0.15) is 4.90 Å². The number of aromatic nitrogens is 3.